The zero-order valence-electron chi connectivity index (χ0n) is 11.5. The van der Waals surface area contributed by atoms with E-state index in [9.17, 15) is 14.4 Å². The molecule has 1 amide bonds. The van der Waals surface area contributed by atoms with E-state index in [2.05, 4.69) is 4.98 Å². The summed E-state index contributed by atoms with van der Waals surface area (Å²) in [5.41, 5.74) is 4.53. The van der Waals surface area contributed by atoms with E-state index in [0.29, 0.717) is 6.54 Å². The molecule has 1 aromatic heterocycles. The average Bonchev–Trinajstić information content (AvgIpc) is 2.44. The van der Waals surface area contributed by atoms with Gasteiger partial charge in [0.1, 0.15) is 5.69 Å². The van der Waals surface area contributed by atoms with Gasteiger partial charge in [-0.05, 0) is 25.3 Å². The second kappa shape index (κ2) is 6.04. The van der Waals surface area contributed by atoms with Crippen molar-refractivity contribution in [1.29, 1.82) is 0 Å². The van der Waals surface area contributed by atoms with E-state index in [0.717, 1.165) is 31.7 Å². The normalized spacial score (nSPS) is 22.5. The fourth-order valence-corrected chi connectivity index (χ4v) is 2.90. The van der Waals surface area contributed by atoms with Gasteiger partial charge in [0.15, 0.2) is 0 Å². The third-order valence-electron chi connectivity index (χ3n) is 3.98. The predicted molar refractivity (Wildman–Crippen MR) is 74.6 cm³/mol. The van der Waals surface area contributed by atoms with Gasteiger partial charge in [0.2, 0.25) is 0 Å². The standard InChI is InChI=1S/C13H20N4O3/c1-17(10-5-3-2-4-8(10)7-14)12(19)9-6-11(18)16-13(20)15-9/h6,8,10H,2-5,7,14H2,1H3,(H2,15,16,18,20). The Labute approximate surface area is 116 Å². The minimum atomic E-state index is -0.673. The third-order valence-corrected chi connectivity index (χ3v) is 3.98. The van der Waals surface area contributed by atoms with Gasteiger partial charge in [0, 0.05) is 19.2 Å². The van der Waals surface area contributed by atoms with E-state index in [1.165, 1.54) is 0 Å². The zero-order valence-corrected chi connectivity index (χ0v) is 11.5. The minimum absolute atomic E-state index is 0.0163. The quantitative estimate of drug-likeness (QED) is 0.702. The number of nitrogens with one attached hydrogen (secondary N) is 2. The van der Waals surface area contributed by atoms with Crippen molar-refractivity contribution in [3.05, 3.63) is 32.6 Å². The van der Waals surface area contributed by atoms with Crippen molar-refractivity contribution in [2.45, 2.75) is 31.7 Å². The Hall–Kier alpha value is -1.89. The Morgan fingerprint density at radius 1 is 1.35 bits per heavy atom. The minimum Gasteiger partial charge on any atom is -0.337 e. The van der Waals surface area contributed by atoms with Crippen molar-refractivity contribution in [3.8, 4) is 0 Å². The Morgan fingerprint density at radius 2 is 2.05 bits per heavy atom. The smallest absolute Gasteiger partial charge is 0.326 e. The van der Waals surface area contributed by atoms with E-state index >= 15 is 0 Å². The number of hydrogen-bond acceptors (Lipinski definition) is 4. The summed E-state index contributed by atoms with van der Waals surface area (Å²) in [4.78, 5) is 40.9. The number of H-pyrrole nitrogens is 2. The van der Waals surface area contributed by atoms with Crippen LogP contribution in [0.15, 0.2) is 15.7 Å². The molecule has 1 aromatic rings. The molecule has 1 aliphatic carbocycles. The van der Waals surface area contributed by atoms with Gasteiger partial charge < -0.3 is 15.6 Å². The summed E-state index contributed by atoms with van der Waals surface area (Å²) in [5, 5.41) is 0. The predicted octanol–water partition coefficient (Wildman–Crippen LogP) is -0.347. The number of rotatable bonds is 3. The van der Waals surface area contributed by atoms with Crippen molar-refractivity contribution in [1.82, 2.24) is 14.9 Å². The van der Waals surface area contributed by atoms with Crippen molar-refractivity contribution < 1.29 is 4.79 Å². The topological polar surface area (TPSA) is 112 Å². The fourth-order valence-electron chi connectivity index (χ4n) is 2.90. The van der Waals surface area contributed by atoms with Crippen LogP contribution in [0.3, 0.4) is 0 Å². The molecular formula is C13H20N4O3. The van der Waals surface area contributed by atoms with E-state index in [1.54, 1.807) is 11.9 Å². The summed E-state index contributed by atoms with van der Waals surface area (Å²) in [5.74, 6) is -0.0787. The lowest BCUT2D eigenvalue weighted by Crippen LogP contribution is -2.46. The molecule has 2 rings (SSSR count). The van der Waals surface area contributed by atoms with Gasteiger partial charge in [-0.15, -0.1) is 0 Å². The van der Waals surface area contributed by atoms with Crippen molar-refractivity contribution in [2.24, 2.45) is 11.7 Å². The van der Waals surface area contributed by atoms with Crippen LogP contribution in [0.5, 0.6) is 0 Å². The Kier molecular flexibility index (Phi) is 4.39. The number of amides is 1. The lowest BCUT2D eigenvalue weighted by Gasteiger charge is -2.37. The number of aromatic amines is 2. The summed E-state index contributed by atoms with van der Waals surface area (Å²) < 4.78 is 0. The van der Waals surface area contributed by atoms with Gasteiger partial charge in [-0.1, -0.05) is 12.8 Å². The molecule has 2 atom stereocenters. The van der Waals surface area contributed by atoms with Crippen LogP contribution in [-0.4, -0.2) is 40.4 Å². The summed E-state index contributed by atoms with van der Waals surface area (Å²) in [6, 6.07) is 1.17. The van der Waals surface area contributed by atoms with E-state index in [4.69, 9.17) is 5.73 Å². The average molecular weight is 280 g/mol. The number of nitrogens with two attached hydrogens (primary N) is 1. The largest absolute Gasteiger partial charge is 0.337 e. The second-order valence-corrected chi connectivity index (χ2v) is 5.27. The van der Waals surface area contributed by atoms with Gasteiger partial charge in [0.05, 0.1) is 0 Å². The third kappa shape index (κ3) is 2.98. The summed E-state index contributed by atoms with van der Waals surface area (Å²) >= 11 is 0. The van der Waals surface area contributed by atoms with Gasteiger partial charge in [-0.2, -0.15) is 0 Å². The molecule has 1 fully saturated rings. The van der Waals surface area contributed by atoms with Crippen molar-refractivity contribution >= 4 is 5.91 Å². The van der Waals surface area contributed by atoms with Crippen LogP contribution in [0, 0.1) is 5.92 Å². The molecule has 1 heterocycles. The molecule has 0 radical (unpaired) electrons. The highest BCUT2D eigenvalue weighted by Crippen LogP contribution is 2.27. The van der Waals surface area contributed by atoms with Gasteiger partial charge in [-0.3, -0.25) is 14.6 Å². The first kappa shape index (κ1) is 14.5. The van der Waals surface area contributed by atoms with Crippen LogP contribution >= 0.6 is 0 Å². The SMILES string of the molecule is CN(C(=O)c1cc(=O)[nH]c(=O)[nH]1)C1CCCCC1CN. The highest BCUT2D eigenvalue weighted by molar-refractivity contribution is 5.92. The number of carbonyl (C=O) groups excluding carboxylic acids is 1. The fraction of sp³-hybridized carbons (Fsp3) is 0.615. The summed E-state index contributed by atoms with van der Waals surface area (Å²) in [7, 11) is 1.69. The van der Waals surface area contributed by atoms with Crippen LogP contribution in [0.2, 0.25) is 0 Å². The molecule has 4 N–H and O–H groups in total. The first-order valence-corrected chi connectivity index (χ1v) is 6.84. The molecule has 7 nitrogen and oxygen atoms in total. The Bertz CT molecular complexity index is 564. The first-order valence-electron chi connectivity index (χ1n) is 6.84. The number of carbonyl (C=O) groups is 1. The number of aromatic nitrogens is 2. The van der Waals surface area contributed by atoms with E-state index in [-0.39, 0.29) is 23.6 Å². The molecule has 1 saturated carbocycles. The maximum absolute atomic E-state index is 12.4. The van der Waals surface area contributed by atoms with Gasteiger partial charge in [0.25, 0.3) is 11.5 Å². The Morgan fingerprint density at radius 3 is 2.70 bits per heavy atom. The maximum Gasteiger partial charge on any atom is 0.326 e. The zero-order chi connectivity index (χ0) is 14.7. The summed E-state index contributed by atoms with van der Waals surface area (Å²) in [6.07, 6.45) is 4.09. The van der Waals surface area contributed by atoms with Crippen LogP contribution in [0.25, 0.3) is 0 Å². The van der Waals surface area contributed by atoms with Gasteiger partial charge in [-0.25, -0.2) is 4.79 Å². The molecule has 20 heavy (non-hydrogen) atoms. The molecule has 7 heteroatoms. The molecule has 110 valence electrons. The molecule has 0 saturated heterocycles. The molecular weight excluding hydrogens is 260 g/mol. The molecule has 2 unspecified atom stereocenters. The van der Waals surface area contributed by atoms with Crippen molar-refractivity contribution in [2.75, 3.05) is 13.6 Å². The highest BCUT2D eigenvalue weighted by Gasteiger charge is 2.30. The van der Waals surface area contributed by atoms with E-state index < -0.39 is 11.2 Å². The Balaban J connectivity index is 2.23. The highest BCUT2D eigenvalue weighted by atomic mass is 16.2. The molecule has 1 aliphatic rings. The van der Waals surface area contributed by atoms with Crippen LogP contribution < -0.4 is 17.0 Å². The van der Waals surface area contributed by atoms with Crippen LogP contribution in [-0.2, 0) is 0 Å². The van der Waals surface area contributed by atoms with Crippen LogP contribution in [0.1, 0.15) is 36.2 Å². The van der Waals surface area contributed by atoms with Crippen LogP contribution in [0.4, 0.5) is 0 Å². The molecule has 0 aliphatic heterocycles. The number of nitrogens with zero attached hydrogens (tertiary/aromatic N) is 1. The van der Waals surface area contributed by atoms with E-state index in [1.807, 2.05) is 4.98 Å². The van der Waals surface area contributed by atoms with Crippen molar-refractivity contribution in [3.63, 3.8) is 0 Å². The lowest BCUT2D eigenvalue weighted by molar-refractivity contribution is 0.0613. The molecule has 0 spiro atoms. The van der Waals surface area contributed by atoms with Gasteiger partial charge >= 0.3 is 5.69 Å². The summed E-state index contributed by atoms with van der Waals surface area (Å²) in [6.45, 7) is 0.536. The lowest BCUT2D eigenvalue weighted by atomic mass is 9.83. The molecule has 0 aromatic carbocycles. The number of hydrogen-bond donors (Lipinski definition) is 3. The maximum atomic E-state index is 12.4. The monoisotopic (exact) mass is 280 g/mol. The molecule has 0 bridgehead atoms. The second-order valence-electron chi connectivity index (χ2n) is 5.27. The first-order chi connectivity index (χ1) is 9.52.